The summed E-state index contributed by atoms with van der Waals surface area (Å²) in [6, 6.07) is 0.414. The van der Waals surface area contributed by atoms with Gasteiger partial charge in [-0.1, -0.05) is 13.8 Å². The highest BCUT2D eigenvalue weighted by molar-refractivity contribution is 5.77. The molecule has 1 fully saturated rings. The Bertz CT molecular complexity index is 263. The van der Waals surface area contributed by atoms with Crippen molar-refractivity contribution in [3.63, 3.8) is 0 Å². The number of likely N-dealkylation sites (N-methyl/N-ethyl adjacent to an activating group) is 1. The quantitative estimate of drug-likeness (QED) is 0.805. The summed E-state index contributed by atoms with van der Waals surface area (Å²) in [6.45, 7) is 8.15. The first-order chi connectivity index (χ1) is 7.26. The van der Waals surface area contributed by atoms with Gasteiger partial charge in [0.2, 0.25) is 0 Å². The van der Waals surface area contributed by atoms with Crippen LogP contribution < -0.4 is 0 Å². The van der Waals surface area contributed by atoms with Crippen LogP contribution >= 0.6 is 0 Å². The Kier molecular flexibility index (Phi) is 4.00. The molecule has 0 aliphatic heterocycles. The lowest BCUT2D eigenvalue weighted by Gasteiger charge is -2.43. The van der Waals surface area contributed by atoms with Gasteiger partial charge in [-0.15, -0.1) is 0 Å². The van der Waals surface area contributed by atoms with Crippen molar-refractivity contribution in [3.8, 4) is 0 Å². The molecule has 0 bridgehead atoms. The summed E-state index contributed by atoms with van der Waals surface area (Å²) in [5.41, 5.74) is -0.759. The molecule has 1 aliphatic rings. The molecule has 1 saturated carbocycles. The summed E-state index contributed by atoms with van der Waals surface area (Å²) >= 11 is 0. The number of aliphatic carboxylic acids is 1. The van der Waals surface area contributed by atoms with E-state index < -0.39 is 11.5 Å². The minimum atomic E-state index is -0.759. The van der Waals surface area contributed by atoms with Crippen LogP contribution in [0.3, 0.4) is 0 Å². The highest BCUT2D eigenvalue weighted by Crippen LogP contribution is 2.33. The molecule has 0 amide bonds. The zero-order valence-corrected chi connectivity index (χ0v) is 11.2. The molecule has 0 aromatic carbocycles. The van der Waals surface area contributed by atoms with Crippen molar-refractivity contribution < 1.29 is 9.90 Å². The molecule has 0 spiro atoms. The van der Waals surface area contributed by atoms with E-state index in [1.807, 2.05) is 11.9 Å². The van der Waals surface area contributed by atoms with E-state index in [9.17, 15) is 9.90 Å². The molecule has 0 aromatic rings. The average Bonchev–Trinajstić information content (AvgIpc) is 2.20. The van der Waals surface area contributed by atoms with E-state index in [0.717, 1.165) is 18.8 Å². The van der Waals surface area contributed by atoms with Gasteiger partial charge in [-0.3, -0.25) is 9.69 Å². The van der Waals surface area contributed by atoms with Crippen molar-refractivity contribution in [1.82, 2.24) is 4.90 Å². The molecule has 3 unspecified atom stereocenters. The van der Waals surface area contributed by atoms with E-state index in [-0.39, 0.29) is 0 Å². The maximum Gasteiger partial charge on any atom is 0.323 e. The molecule has 3 heteroatoms. The van der Waals surface area contributed by atoms with Gasteiger partial charge in [-0.25, -0.2) is 0 Å². The maximum atomic E-state index is 11.2. The number of hydrogen-bond donors (Lipinski definition) is 1. The predicted molar refractivity (Wildman–Crippen MR) is 65.4 cm³/mol. The van der Waals surface area contributed by atoms with Crippen LogP contribution in [0.4, 0.5) is 0 Å². The summed E-state index contributed by atoms with van der Waals surface area (Å²) in [7, 11) is 1.95. The topological polar surface area (TPSA) is 40.5 Å². The molecular weight excluding hydrogens is 202 g/mol. The Morgan fingerprint density at radius 1 is 1.25 bits per heavy atom. The lowest BCUT2D eigenvalue weighted by molar-refractivity contribution is -0.150. The number of rotatable bonds is 3. The normalized spacial score (nSPS) is 31.8. The smallest absolute Gasteiger partial charge is 0.323 e. The first kappa shape index (κ1) is 13.5. The summed E-state index contributed by atoms with van der Waals surface area (Å²) in [4.78, 5) is 13.2. The number of carboxylic acid groups (broad SMARTS) is 1. The van der Waals surface area contributed by atoms with E-state index >= 15 is 0 Å². The second-order valence-corrected chi connectivity index (χ2v) is 5.90. The Hall–Kier alpha value is -0.570. The van der Waals surface area contributed by atoms with Gasteiger partial charge in [0.15, 0.2) is 0 Å². The van der Waals surface area contributed by atoms with E-state index in [0.29, 0.717) is 12.0 Å². The molecule has 94 valence electrons. The lowest BCUT2D eigenvalue weighted by Crippen LogP contribution is -2.54. The van der Waals surface area contributed by atoms with Crippen LogP contribution in [0.1, 0.15) is 47.0 Å². The van der Waals surface area contributed by atoms with E-state index in [4.69, 9.17) is 0 Å². The van der Waals surface area contributed by atoms with E-state index in [2.05, 4.69) is 13.8 Å². The van der Waals surface area contributed by atoms with Gasteiger partial charge >= 0.3 is 5.97 Å². The fraction of sp³-hybridized carbons (Fsp3) is 0.923. The number of hydrogen-bond acceptors (Lipinski definition) is 2. The first-order valence-corrected chi connectivity index (χ1v) is 6.23. The molecule has 16 heavy (non-hydrogen) atoms. The molecule has 0 aromatic heterocycles. The zero-order valence-electron chi connectivity index (χ0n) is 11.2. The number of carboxylic acids is 1. The zero-order chi connectivity index (χ0) is 12.5. The van der Waals surface area contributed by atoms with Gasteiger partial charge in [-0.2, -0.15) is 0 Å². The molecule has 0 heterocycles. The van der Waals surface area contributed by atoms with Crippen LogP contribution in [-0.4, -0.2) is 34.6 Å². The largest absolute Gasteiger partial charge is 0.480 e. The second-order valence-electron chi connectivity index (χ2n) is 5.90. The van der Waals surface area contributed by atoms with Gasteiger partial charge in [0, 0.05) is 6.04 Å². The maximum absolute atomic E-state index is 11.2. The minimum Gasteiger partial charge on any atom is -0.480 e. The summed E-state index contributed by atoms with van der Waals surface area (Å²) in [6.07, 6.45) is 3.46. The Morgan fingerprint density at radius 2 is 1.81 bits per heavy atom. The fourth-order valence-corrected chi connectivity index (χ4v) is 2.48. The molecule has 1 aliphatic carbocycles. The van der Waals surface area contributed by atoms with Crippen molar-refractivity contribution in [2.45, 2.75) is 58.5 Å². The summed E-state index contributed by atoms with van der Waals surface area (Å²) < 4.78 is 0. The van der Waals surface area contributed by atoms with Gasteiger partial charge < -0.3 is 5.11 Å². The molecule has 3 nitrogen and oxygen atoms in total. The fourth-order valence-electron chi connectivity index (χ4n) is 2.48. The first-order valence-electron chi connectivity index (χ1n) is 6.23. The molecular formula is C13H25NO2. The summed E-state index contributed by atoms with van der Waals surface area (Å²) in [5.74, 6) is 0.740. The van der Waals surface area contributed by atoms with Crippen LogP contribution in [0.2, 0.25) is 0 Å². The van der Waals surface area contributed by atoms with Gasteiger partial charge in [0.25, 0.3) is 0 Å². The van der Waals surface area contributed by atoms with Gasteiger partial charge in [-0.05, 0) is 52.0 Å². The Balaban J connectivity index is 2.68. The highest BCUT2D eigenvalue weighted by Gasteiger charge is 2.38. The second kappa shape index (κ2) is 4.74. The van der Waals surface area contributed by atoms with E-state index in [1.165, 1.54) is 6.42 Å². The van der Waals surface area contributed by atoms with Crippen LogP contribution in [0.5, 0.6) is 0 Å². The van der Waals surface area contributed by atoms with Crippen LogP contribution in [0, 0.1) is 11.8 Å². The number of nitrogens with zero attached hydrogens (tertiary/aromatic N) is 1. The predicted octanol–water partition coefficient (Wildman–Crippen LogP) is 2.61. The van der Waals surface area contributed by atoms with Crippen LogP contribution in [-0.2, 0) is 4.79 Å². The lowest BCUT2D eigenvalue weighted by atomic mass is 9.78. The Morgan fingerprint density at radius 3 is 2.25 bits per heavy atom. The van der Waals surface area contributed by atoms with Gasteiger partial charge in [0.05, 0.1) is 0 Å². The standard InChI is InChI=1S/C13H25NO2/c1-9-6-7-11(8-10(9)2)14(5)13(3,4)12(15)16/h9-11H,6-8H2,1-5H3,(H,15,16). The average molecular weight is 227 g/mol. The SMILES string of the molecule is CC1CCC(N(C)C(C)(C)C(=O)O)CC1C. The molecule has 1 rings (SSSR count). The molecule has 3 atom stereocenters. The van der Waals surface area contributed by atoms with Gasteiger partial charge in [0.1, 0.15) is 5.54 Å². The third-order valence-electron chi connectivity index (χ3n) is 4.52. The molecule has 1 N–H and O–H groups in total. The van der Waals surface area contributed by atoms with Crippen molar-refractivity contribution in [3.05, 3.63) is 0 Å². The number of carbonyl (C=O) groups is 1. The Labute approximate surface area is 98.8 Å². The monoisotopic (exact) mass is 227 g/mol. The third kappa shape index (κ3) is 2.57. The third-order valence-corrected chi connectivity index (χ3v) is 4.52. The summed E-state index contributed by atoms with van der Waals surface area (Å²) in [5, 5.41) is 9.22. The van der Waals surface area contributed by atoms with Crippen LogP contribution in [0.25, 0.3) is 0 Å². The van der Waals surface area contributed by atoms with Crippen molar-refractivity contribution in [2.75, 3.05) is 7.05 Å². The minimum absolute atomic E-state index is 0.414. The van der Waals surface area contributed by atoms with E-state index in [1.54, 1.807) is 13.8 Å². The molecule has 0 saturated heterocycles. The van der Waals surface area contributed by atoms with Crippen molar-refractivity contribution in [2.24, 2.45) is 11.8 Å². The van der Waals surface area contributed by atoms with Crippen molar-refractivity contribution in [1.29, 1.82) is 0 Å². The van der Waals surface area contributed by atoms with Crippen molar-refractivity contribution >= 4 is 5.97 Å². The van der Waals surface area contributed by atoms with Crippen LogP contribution in [0.15, 0.2) is 0 Å². The molecule has 0 radical (unpaired) electrons. The highest BCUT2D eigenvalue weighted by atomic mass is 16.4.